The van der Waals surface area contributed by atoms with E-state index in [0.29, 0.717) is 19.3 Å². The molecule has 0 saturated heterocycles. The maximum absolute atomic E-state index is 12.8. The Morgan fingerprint density at radius 1 is 0.292 bits per heavy atom. The van der Waals surface area contributed by atoms with Crippen LogP contribution in [0.25, 0.3) is 0 Å². The molecule has 72 heavy (non-hydrogen) atoms. The van der Waals surface area contributed by atoms with E-state index in [1.54, 1.807) is 0 Å². The van der Waals surface area contributed by atoms with Crippen LogP contribution < -0.4 is 0 Å². The van der Waals surface area contributed by atoms with Gasteiger partial charge >= 0.3 is 17.9 Å². The summed E-state index contributed by atoms with van der Waals surface area (Å²) < 4.78 is 16.7. The van der Waals surface area contributed by atoms with Crippen molar-refractivity contribution < 1.29 is 28.6 Å². The second-order valence-corrected chi connectivity index (χ2v) is 19.5. The van der Waals surface area contributed by atoms with Gasteiger partial charge in [0.1, 0.15) is 13.2 Å². The van der Waals surface area contributed by atoms with Gasteiger partial charge in [-0.15, -0.1) is 0 Å². The van der Waals surface area contributed by atoms with Crippen LogP contribution in [0.15, 0.2) is 109 Å². The molecule has 0 aliphatic rings. The second kappa shape index (κ2) is 59.6. The summed E-state index contributed by atoms with van der Waals surface area (Å²) in [6, 6.07) is 0. The molecule has 6 nitrogen and oxygen atoms in total. The van der Waals surface area contributed by atoms with Gasteiger partial charge in [0.15, 0.2) is 6.10 Å². The van der Waals surface area contributed by atoms with Crippen molar-refractivity contribution in [1.82, 2.24) is 0 Å². The molecule has 1 unspecified atom stereocenters. The van der Waals surface area contributed by atoms with Crippen molar-refractivity contribution in [3.05, 3.63) is 109 Å². The van der Waals surface area contributed by atoms with Gasteiger partial charge in [-0.25, -0.2) is 0 Å². The van der Waals surface area contributed by atoms with E-state index in [9.17, 15) is 14.4 Å². The van der Waals surface area contributed by atoms with Gasteiger partial charge in [-0.3, -0.25) is 14.4 Å². The van der Waals surface area contributed by atoms with Crippen molar-refractivity contribution in [2.45, 2.75) is 277 Å². The zero-order valence-electron chi connectivity index (χ0n) is 46.9. The largest absolute Gasteiger partial charge is 0.462 e. The first-order valence-electron chi connectivity index (χ1n) is 29.9. The summed E-state index contributed by atoms with van der Waals surface area (Å²) in [4.78, 5) is 37.9. The van der Waals surface area contributed by atoms with Crippen molar-refractivity contribution >= 4 is 17.9 Å². The van der Waals surface area contributed by atoms with Crippen LogP contribution in [0.5, 0.6) is 0 Å². The van der Waals surface area contributed by atoms with Crippen molar-refractivity contribution in [3.63, 3.8) is 0 Å². The summed E-state index contributed by atoms with van der Waals surface area (Å²) in [5.74, 6) is -0.910. The minimum atomic E-state index is -0.783. The summed E-state index contributed by atoms with van der Waals surface area (Å²) in [5.41, 5.74) is 0. The zero-order chi connectivity index (χ0) is 52.2. The highest BCUT2D eigenvalue weighted by Crippen LogP contribution is 2.16. The molecule has 0 heterocycles. The fourth-order valence-corrected chi connectivity index (χ4v) is 8.11. The second-order valence-electron chi connectivity index (χ2n) is 19.5. The molecule has 0 spiro atoms. The lowest BCUT2D eigenvalue weighted by molar-refractivity contribution is -0.167. The van der Waals surface area contributed by atoms with Gasteiger partial charge < -0.3 is 14.2 Å². The highest BCUT2D eigenvalue weighted by atomic mass is 16.6. The third kappa shape index (κ3) is 57.0. The fourth-order valence-electron chi connectivity index (χ4n) is 8.11. The van der Waals surface area contributed by atoms with Gasteiger partial charge in [0.25, 0.3) is 0 Å². The average Bonchev–Trinajstić information content (AvgIpc) is 3.38. The number of carbonyl (C=O) groups is 3. The maximum Gasteiger partial charge on any atom is 0.306 e. The molecule has 6 heteroatoms. The van der Waals surface area contributed by atoms with Crippen LogP contribution in [0.4, 0.5) is 0 Å². The highest BCUT2D eigenvalue weighted by Gasteiger charge is 2.19. The van der Waals surface area contributed by atoms with Crippen molar-refractivity contribution in [3.8, 4) is 0 Å². The van der Waals surface area contributed by atoms with Crippen molar-refractivity contribution in [2.75, 3.05) is 13.2 Å². The van der Waals surface area contributed by atoms with E-state index in [0.717, 1.165) is 135 Å². The van der Waals surface area contributed by atoms with E-state index >= 15 is 0 Å². The smallest absolute Gasteiger partial charge is 0.306 e. The lowest BCUT2D eigenvalue weighted by Gasteiger charge is -2.18. The Bertz CT molecular complexity index is 1470. The predicted octanol–water partition coefficient (Wildman–Crippen LogP) is 20.3. The van der Waals surface area contributed by atoms with Gasteiger partial charge in [-0.05, 0) is 103 Å². The van der Waals surface area contributed by atoms with Crippen LogP contribution in [-0.2, 0) is 28.6 Å². The Kier molecular flexibility index (Phi) is 56.4. The molecular weight excluding hydrogens is 889 g/mol. The molecule has 0 fully saturated rings. The first-order valence-corrected chi connectivity index (χ1v) is 29.9. The standard InChI is InChI=1S/C66H110O6/c1-4-7-10-13-16-18-20-22-24-25-26-27-28-29-30-31-32-33-34-35-36-37-38-39-40-41-43-44-46-48-50-53-56-59-65(68)71-62-63(61-70-64(67)58-55-52-15-12-9-6-3)72-66(69)60-57-54-51-49-47-45-42-23-21-19-17-14-11-8-5-2/h7-8,10-11,16-19,22-24,26-27,29-30,32-33,42,63H,4-6,9,12-15,20-21,25,28,31,34-41,43-62H2,1-3H3/b10-7-,11-8-,18-16-,19-17-,24-22-,27-26-,30-29-,33-32-,42-23-. The molecule has 0 rings (SSSR count). The number of hydrogen-bond acceptors (Lipinski definition) is 6. The van der Waals surface area contributed by atoms with Gasteiger partial charge in [0.2, 0.25) is 0 Å². The number of carbonyl (C=O) groups excluding carboxylic acids is 3. The summed E-state index contributed by atoms with van der Waals surface area (Å²) in [6.45, 7) is 6.34. The molecule has 410 valence electrons. The van der Waals surface area contributed by atoms with Crippen LogP contribution in [0.1, 0.15) is 271 Å². The van der Waals surface area contributed by atoms with Gasteiger partial charge in [-0.1, -0.05) is 259 Å². The van der Waals surface area contributed by atoms with E-state index in [1.807, 2.05) is 0 Å². The van der Waals surface area contributed by atoms with Gasteiger partial charge in [0.05, 0.1) is 0 Å². The fraction of sp³-hybridized carbons (Fsp3) is 0.682. The van der Waals surface area contributed by atoms with Crippen LogP contribution in [0.3, 0.4) is 0 Å². The van der Waals surface area contributed by atoms with E-state index in [1.165, 1.54) is 96.3 Å². The maximum atomic E-state index is 12.8. The van der Waals surface area contributed by atoms with Crippen LogP contribution in [0.2, 0.25) is 0 Å². The number of esters is 3. The monoisotopic (exact) mass is 999 g/mol. The molecule has 0 aromatic carbocycles. The molecule has 0 aromatic heterocycles. The van der Waals surface area contributed by atoms with Crippen molar-refractivity contribution in [2.24, 2.45) is 0 Å². The molecule has 0 radical (unpaired) electrons. The summed E-state index contributed by atoms with van der Waals surface area (Å²) in [6.07, 6.45) is 81.3. The Labute approximate surface area is 444 Å². The molecule has 1 atom stereocenters. The number of hydrogen-bond donors (Lipinski definition) is 0. The van der Waals surface area contributed by atoms with Crippen LogP contribution >= 0.6 is 0 Å². The topological polar surface area (TPSA) is 78.9 Å². The van der Waals surface area contributed by atoms with Gasteiger partial charge in [0, 0.05) is 19.3 Å². The molecule has 0 saturated carbocycles. The predicted molar refractivity (Wildman–Crippen MR) is 311 cm³/mol. The molecule has 0 amide bonds. The molecule has 0 aliphatic carbocycles. The van der Waals surface area contributed by atoms with E-state index in [-0.39, 0.29) is 31.1 Å². The highest BCUT2D eigenvalue weighted by molar-refractivity contribution is 5.71. The summed E-state index contributed by atoms with van der Waals surface area (Å²) >= 11 is 0. The first kappa shape index (κ1) is 68.1. The number of allylic oxidation sites excluding steroid dienone is 18. The average molecular weight is 1000 g/mol. The third-order valence-electron chi connectivity index (χ3n) is 12.5. The molecular formula is C66H110O6. The number of unbranched alkanes of at least 4 members (excludes halogenated alkanes) is 24. The van der Waals surface area contributed by atoms with Crippen molar-refractivity contribution in [1.29, 1.82) is 0 Å². The van der Waals surface area contributed by atoms with Crippen LogP contribution in [-0.4, -0.2) is 37.2 Å². The third-order valence-corrected chi connectivity index (χ3v) is 12.5. The zero-order valence-corrected chi connectivity index (χ0v) is 46.9. The summed E-state index contributed by atoms with van der Waals surface area (Å²) in [5, 5.41) is 0. The van der Waals surface area contributed by atoms with Crippen LogP contribution in [0, 0.1) is 0 Å². The first-order chi connectivity index (χ1) is 35.5. The number of rotatable bonds is 53. The van der Waals surface area contributed by atoms with E-state index in [2.05, 4.69) is 130 Å². The molecule has 0 N–H and O–H groups in total. The Hall–Kier alpha value is -3.93. The minimum Gasteiger partial charge on any atom is -0.462 e. The van der Waals surface area contributed by atoms with E-state index < -0.39 is 6.10 Å². The molecule has 0 bridgehead atoms. The minimum absolute atomic E-state index is 0.0841. The molecule has 0 aromatic rings. The Morgan fingerprint density at radius 3 is 0.847 bits per heavy atom. The SMILES string of the molecule is CC/C=C\C/C=C\C/C=C\C/C=C\C/C=C\C/C=C\CCCCCCCCCCCCCCCCC(=O)OCC(COC(=O)CCCCCCCC)OC(=O)CCCCCCC/C=C\C/C=C\C/C=C\CC. The quantitative estimate of drug-likeness (QED) is 0.0261. The summed E-state index contributed by atoms with van der Waals surface area (Å²) in [7, 11) is 0. The number of ether oxygens (including phenoxy) is 3. The van der Waals surface area contributed by atoms with Gasteiger partial charge in [-0.2, -0.15) is 0 Å². The lowest BCUT2D eigenvalue weighted by Crippen LogP contribution is -2.30. The normalized spacial score (nSPS) is 12.9. The van der Waals surface area contributed by atoms with E-state index in [4.69, 9.17) is 14.2 Å². The lowest BCUT2D eigenvalue weighted by atomic mass is 10.0. The molecule has 0 aliphatic heterocycles. The Morgan fingerprint density at radius 2 is 0.542 bits per heavy atom. The Balaban J connectivity index is 4.03.